The minimum absolute atomic E-state index is 0.101. The van der Waals surface area contributed by atoms with Crippen molar-refractivity contribution in [1.82, 2.24) is 4.90 Å². The Morgan fingerprint density at radius 3 is 2.70 bits per heavy atom. The number of nitrogens with zero attached hydrogens (tertiary/aromatic N) is 1. The number of hydrogen-bond donors (Lipinski definition) is 2. The van der Waals surface area contributed by atoms with E-state index < -0.39 is 0 Å². The molecule has 3 N–H and O–H groups in total. The maximum absolute atomic E-state index is 14.0. The minimum atomic E-state index is -0.281. The first-order chi connectivity index (χ1) is 9.60. The van der Waals surface area contributed by atoms with Crippen LogP contribution < -0.4 is 5.73 Å². The number of halogens is 1. The fraction of sp³-hybridized carbons (Fsp3) is 0.533. The molecule has 20 heavy (non-hydrogen) atoms. The second-order valence-electron chi connectivity index (χ2n) is 5.39. The summed E-state index contributed by atoms with van der Waals surface area (Å²) in [5, 5.41) is 7.31. The van der Waals surface area contributed by atoms with Gasteiger partial charge in [-0.3, -0.25) is 10.3 Å². The Morgan fingerprint density at radius 2 is 2.15 bits per heavy atom. The lowest BCUT2D eigenvalue weighted by molar-refractivity contribution is 0.0964. The summed E-state index contributed by atoms with van der Waals surface area (Å²) < 4.78 is 19.1. The van der Waals surface area contributed by atoms with E-state index in [4.69, 9.17) is 15.9 Å². The highest BCUT2D eigenvalue weighted by Crippen LogP contribution is 2.20. The fourth-order valence-electron chi connectivity index (χ4n) is 2.63. The summed E-state index contributed by atoms with van der Waals surface area (Å²) in [6, 6.07) is 4.78. The van der Waals surface area contributed by atoms with Crippen molar-refractivity contribution in [1.29, 1.82) is 5.41 Å². The van der Waals surface area contributed by atoms with Gasteiger partial charge in [0.1, 0.15) is 11.7 Å². The molecule has 0 spiro atoms. The fourth-order valence-corrected chi connectivity index (χ4v) is 2.63. The predicted octanol–water partition coefficient (Wildman–Crippen LogP) is 1.97. The van der Waals surface area contributed by atoms with Gasteiger partial charge in [0.05, 0.1) is 0 Å². The number of hydrogen-bond acceptors (Lipinski definition) is 3. The van der Waals surface area contributed by atoms with Crippen molar-refractivity contribution < 1.29 is 9.13 Å². The Balaban J connectivity index is 1.93. The van der Waals surface area contributed by atoms with Crippen LogP contribution in [0, 0.1) is 17.1 Å². The number of likely N-dealkylation sites (tertiary alicyclic amines) is 1. The molecule has 110 valence electrons. The standard InChI is InChI=1S/C15H22FN3O/c1-20-10-11-4-6-19(7-5-11)9-13-3-2-12(15(17)18)8-14(13)16/h2-3,8,11H,4-7,9-10H2,1H3,(H3,17,18). The first-order valence-electron chi connectivity index (χ1n) is 6.94. The van der Waals surface area contributed by atoms with Gasteiger partial charge in [-0.05, 0) is 37.9 Å². The van der Waals surface area contributed by atoms with E-state index in [9.17, 15) is 4.39 Å². The number of methoxy groups -OCH3 is 1. The van der Waals surface area contributed by atoms with Gasteiger partial charge >= 0.3 is 0 Å². The monoisotopic (exact) mass is 279 g/mol. The molecule has 0 aliphatic carbocycles. The molecule has 1 heterocycles. The van der Waals surface area contributed by atoms with E-state index >= 15 is 0 Å². The lowest BCUT2D eigenvalue weighted by Gasteiger charge is -2.31. The predicted molar refractivity (Wildman–Crippen MR) is 77.3 cm³/mol. The first-order valence-corrected chi connectivity index (χ1v) is 6.94. The smallest absolute Gasteiger partial charge is 0.128 e. The van der Waals surface area contributed by atoms with Crippen LogP contribution >= 0.6 is 0 Å². The van der Waals surface area contributed by atoms with E-state index in [1.165, 1.54) is 6.07 Å². The van der Waals surface area contributed by atoms with Crippen LogP contribution in [0.1, 0.15) is 24.0 Å². The Morgan fingerprint density at radius 1 is 1.45 bits per heavy atom. The molecule has 1 aliphatic heterocycles. The van der Waals surface area contributed by atoms with Crippen LogP contribution in [0.25, 0.3) is 0 Å². The summed E-state index contributed by atoms with van der Waals surface area (Å²) in [5.41, 5.74) is 6.46. The summed E-state index contributed by atoms with van der Waals surface area (Å²) >= 11 is 0. The largest absolute Gasteiger partial charge is 0.384 e. The van der Waals surface area contributed by atoms with Crippen LogP contribution in [0.15, 0.2) is 18.2 Å². The topological polar surface area (TPSA) is 62.3 Å². The molecule has 4 nitrogen and oxygen atoms in total. The number of benzene rings is 1. The van der Waals surface area contributed by atoms with Gasteiger partial charge < -0.3 is 10.5 Å². The Kier molecular flexibility index (Phi) is 5.09. The molecule has 0 saturated carbocycles. The third kappa shape index (κ3) is 3.77. The van der Waals surface area contributed by atoms with Crippen molar-refractivity contribution in [2.24, 2.45) is 11.7 Å². The normalized spacial score (nSPS) is 17.3. The van der Waals surface area contributed by atoms with Crippen molar-refractivity contribution in [2.45, 2.75) is 19.4 Å². The second-order valence-corrected chi connectivity index (χ2v) is 5.39. The Bertz CT molecular complexity index is 470. The van der Waals surface area contributed by atoms with Crippen LogP contribution in [0.3, 0.4) is 0 Å². The number of amidine groups is 1. The van der Waals surface area contributed by atoms with E-state index in [-0.39, 0.29) is 11.7 Å². The molecule has 2 rings (SSSR count). The second kappa shape index (κ2) is 6.81. The number of piperidine rings is 1. The van der Waals surface area contributed by atoms with Crippen LogP contribution in [-0.4, -0.2) is 37.5 Å². The van der Waals surface area contributed by atoms with Crippen LogP contribution in [0.5, 0.6) is 0 Å². The number of rotatable bonds is 5. The Hall–Kier alpha value is -1.46. The SMILES string of the molecule is COCC1CCN(Cc2ccc(C(=N)N)cc2F)CC1. The zero-order chi connectivity index (χ0) is 14.5. The molecule has 1 aromatic carbocycles. The molecule has 0 amide bonds. The van der Waals surface area contributed by atoms with E-state index in [0.29, 0.717) is 23.6 Å². The number of nitrogens with one attached hydrogen (secondary N) is 1. The molecule has 0 radical (unpaired) electrons. The lowest BCUT2D eigenvalue weighted by atomic mass is 9.97. The summed E-state index contributed by atoms with van der Waals surface area (Å²) in [7, 11) is 1.73. The van der Waals surface area contributed by atoms with E-state index in [0.717, 1.165) is 32.5 Å². The summed E-state index contributed by atoms with van der Waals surface area (Å²) in [4.78, 5) is 2.26. The van der Waals surface area contributed by atoms with Gasteiger partial charge in [0.15, 0.2) is 0 Å². The third-order valence-electron chi connectivity index (χ3n) is 3.87. The average molecular weight is 279 g/mol. The van der Waals surface area contributed by atoms with Gasteiger partial charge in [-0.25, -0.2) is 4.39 Å². The molecule has 1 fully saturated rings. The Labute approximate surface area is 119 Å². The average Bonchev–Trinajstić information content (AvgIpc) is 2.43. The van der Waals surface area contributed by atoms with E-state index in [1.54, 1.807) is 19.2 Å². The maximum Gasteiger partial charge on any atom is 0.128 e. The van der Waals surface area contributed by atoms with Crippen molar-refractivity contribution in [2.75, 3.05) is 26.8 Å². The van der Waals surface area contributed by atoms with E-state index in [1.807, 2.05) is 0 Å². The molecule has 0 unspecified atom stereocenters. The van der Waals surface area contributed by atoms with Crippen LogP contribution in [0.2, 0.25) is 0 Å². The van der Waals surface area contributed by atoms with Crippen LogP contribution in [-0.2, 0) is 11.3 Å². The van der Waals surface area contributed by atoms with Crippen molar-refractivity contribution in [3.63, 3.8) is 0 Å². The summed E-state index contributed by atoms with van der Waals surface area (Å²) in [6.45, 7) is 3.38. The van der Waals surface area contributed by atoms with Gasteiger partial charge in [-0.2, -0.15) is 0 Å². The quantitative estimate of drug-likeness (QED) is 0.640. The summed E-state index contributed by atoms with van der Waals surface area (Å²) in [5.74, 6) is 0.244. The molecule has 0 aromatic heterocycles. The molecule has 1 aromatic rings. The van der Waals surface area contributed by atoms with Gasteiger partial charge in [0.25, 0.3) is 0 Å². The highest BCUT2D eigenvalue weighted by molar-refractivity contribution is 5.94. The zero-order valence-corrected chi connectivity index (χ0v) is 11.9. The lowest BCUT2D eigenvalue weighted by Crippen LogP contribution is -2.34. The number of nitrogen functional groups attached to an aromatic ring is 1. The number of nitrogens with two attached hydrogens (primary N) is 1. The van der Waals surface area contributed by atoms with Gasteiger partial charge in [-0.1, -0.05) is 12.1 Å². The first kappa shape index (κ1) is 14.9. The van der Waals surface area contributed by atoms with Crippen molar-refractivity contribution in [3.05, 3.63) is 35.1 Å². The van der Waals surface area contributed by atoms with Gasteiger partial charge in [0, 0.05) is 31.4 Å². The van der Waals surface area contributed by atoms with Gasteiger partial charge in [-0.15, -0.1) is 0 Å². The minimum Gasteiger partial charge on any atom is -0.384 e. The summed E-state index contributed by atoms with van der Waals surface area (Å²) in [6.07, 6.45) is 2.20. The highest BCUT2D eigenvalue weighted by Gasteiger charge is 2.20. The van der Waals surface area contributed by atoms with Crippen molar-refractivity contribution in [3.8, 4) is 0 Å². The van der Waals surface area contributed by atoms with E-state index in [2.05, 4.69) is 4.90 Å². The molecule has 0 atom stereocenters. The van der Waals surface area contributed by atoms with Crippen molar-refractivity contribution >= 4 is 5.84 Å². The molecule has 5 heteroatoms. The molecule has 1 saturated heterocycles. The molecule has 1 aliphatic rings. The van der Waals surface area contributed by atoms with Crippen LogP contribution in [0.4, 0.5) is 4.39 Å². The maximum atomic E-state index is 14.0. The molecule has 0 bridgehead atoms. The third-order valence-corrected chi connectivity index (χ3v) is 3.87. The highest BCUT2D eigenvalue weighted by atomic mass is 19.1. The molecular weight excluding hydrogens is 257 g/mol. The molecular formula is C15H22FN3O. The van der Waals surface area contributed by atoms with Gasteiger partial charge in [0.2, 0.25) is 0 Å². The number of ether oxygens (including phenoxy) is 1. The zero-order valence-electron chi connectivity index (χ0n) is 11.9.